The Labute approximate surface area is 241 Å². The summed E-state index contributed by atoms with van der Waals surface area (Å²) in [5, 5.41) is 16.3. The fourth-order valence-electron chi connectivity index (χ4n) is 4.67. The van der Waals surface area contributed by atoms with Gasteiger partial charge in [-0.15, -0.1) is 0 Å². The predicted molar refractivity (Wildman–Crippen MR) is 160 cm³/mol. The van der Waals surface area contributed by atoms with E-state index >= 15 is 0 Å². The Morgan fingerprint density at radius 2 is 1.85 bits per heavy atom. The lowest BCUT2D eigenvalue weighted by Gasteiger charge is -2.34. The van der Waals surface area contributed by atoms with E-state index in [9.17, 15) is 10.1 Å². The van der Waals surface area contributed by atoms with E-state index in [2.05, 4.69) is 55.7 Å². The summed E-state index contributed by atoms with van der Waals surface area (Å²) in [5.74, 6) is 1.30. The zero-order chi connectivity index (χ0) is 29.6. The van der Waals surface area contributed by atoms with E-state index in [0.717, 1.165) is 43.1 Å². The first-order valence-electron chi connectivity index (χ1n) is 13.6. The summed E-state index contributed by atoms with van der Waals surface area (Å²) < 4.78 is 11.3. The molecule has 1 amide bonds. The number of likely N-dealkylation sites (N-methyl/N-ethyl adjacent to an activating group) is 1. The minimum absolute atomic E-state index is 0.0222. The number of anilines is 5. The zero-order valence-corrected chi connectivity index (χ0v) is 24.3. The van der Waals surface area contributed by atoms with Gasteiger partial charge in [0.25, 0.3) is 0 Å². The fraction of sp³-hybridized carbons (Fsp3) is 0.400. The molecule has 4 rings (SSSR count). The molecule has 216 valence electrons. The summed E-state index contributed by atoms with van der Waals surface area (Å²) >= 11 is 0. The van der Waals surface area contributed by atoms with E-state index in [0.29, 0.717) is 29.6 Å². The van der Waals surface area contributed by atoms with E-state index in [1.165, 1.54) is 6.20 Å². The molecule has 1 aliphatic heterocycles. The van der Waals surface area contributed by atoms with Crippen LogP contribution in [-0.2, 0) is 11.2 Å². The van der Waals surface area contributed by atoms with Crippen molar-refractivity contribution in [1.29, 1.82) is 5.26 Å². The van der Waals surface area contributed by atoms with Gasteiger partial charge in [-0.25, -0.2) is 9.78 Å². The molecule has 3 aromatic rings. The van der Waals surface area contributed by atoms with Gasteiger partial charge in [0.05, 0.1) is 18.0 Å². The molecular formula is C30H38N8O3. The third-order valence-electron chi connectivity index (χ3n) is 6.61. The number of primary amides is 1. The van der Waals surface area contributed by atoms with Crippen LogP contribution in [0.2, 0.25) is 0 Å². The summed E-state index contributed by atoms with van der Waals surface area (Å²) in [6.07, 6.45) is 1.03. The molecule has 11 nitrogen and oxygen atoms in total. The van der Waals surface area contributed by atoms with E-state index in [4.69, 9.17) is 15.2 Å². The first kappa shape index (κ1) is 29.4. The van der Waals surface area contributed by atoms with Crippen LogP contribution in [0.1, 0.15) is 38.8 Å². The van der Waals surface area contributed by atoms with Crippen molar-refractivity contribution in [3.8, 4) is 11.8 Å². The van der Waals surface area contributed by atoms with Gasteiger partial charge in [-0.05, 0) is 70.6 Å². The van der Waals surface area contributed by atoms with Crippen molar-refractivity contribution in [2.75, 3.05) is 48.8 Å². The van der Waals surface area contributed by atoms with Crippen LogP contribution in [0, 0.1) is 11.3 Å². The molecule has 0 bridgehead atoms. The number of nitriles is 1. The Morgan fingerprint density at radius 3 is 2.54 bits per heavy atom. The number of para-hydroxylation sites is 2. The summed E-state index contributed by atoms with van der Waals surface area (Å²) in [4.78, 5) is 25.2. The molecule has 0 spiro atoms. The molecule has 1 fully saturated rings. The Bertz CT molecular complexity index is 1410. The molecule has 0 atom stereocenters. The highest BCUT2D eigenvalue weighted by atomic mass is 16.6. The van der Waals surface area contributed by atoms with Crippen molar-refractivity contribution >= 4 is 34.9 Å². The first-order valence-corrected chi connectivity index (χ1v) is 13.6. The molecular weight excluding hydrogens is 520 g/mol. The number of hydrogen-bond donors (Lipinski definition) is 3. The van der Waals surface area contributed by atoms with Gasteiger partial charge in [0.1, 0.15) is 23.0 Å². The van der Waals surface area contributed by atoms with Crippen LogP contribution in [0.4, 0.5) is 33.6 Å². The molecule has 0 radical (unpaired) electrons. The Hall–Kier alpha value is -4.56. The van der Waals surface area contributed by atoms with Gasteiger partial charge >= 0.3 is 6.09 Å². The topological polar surface area (TPSA) is 142 Å². The van der Waals surface area contributed by atoms with Gasteiger partial charge in [0, 0.05) is 44.0 Å². The molecule has 2 heterocycles. The Morgan fingerprint density at radius 1 is 1.12 bits per heavy atom. The maximum absolute atomic E-state index is 11.6. The molecule has 0 aliphatic carbocycles. The number of amides is 1. The summed E-state index contributed by atoms with van der Waals surface area (Å²) in [7, 11) is 2.12. The van der Waals surface area contributed by atoms with Gasteiger partial charge < -0.3 is 35.6 Å². The summed E-state index contributed by atoms with van der Waals surface area (Å²) in [5.41, 5.74) is 8.22. The van der Waals surface area contributed by atoms with Gasteiger partial charge in [0.2, 0.25) is 5.95 Å². The number of aromatic nitrogens is 2. The number of carbonyl (C=O) groups is 1. The highest BCUT2D eigenvalue weighted by Gasteiger charge is 2.25. The molecule has 1 aromatic heterocycles. The van der Waals surface area contributed by atoms with Gasteiger partial charge in [-0.3, -0.25) is 0 Å². The largest absolute Gasteiger partial charge is 0.489 e. The van der Waals surface area contributed by atoms with Crippen molar-refractivity contribution in [2.24, 2.45) is 5.73 Å². The third kappa shape index (κ3) is 7.99. The second-order valence-corrected chi connectivity index (χ2v) is 11.0. The van der Waals surface area contributed by atoms with Crippen LogP contribution in [0.15, 0.2) is 48.7 Å². The average Bonchev–Trinajstić information content (AvgIpc) is 2.90. The number of benzene rings is 2. The quantitative estimate of drug-likeness (QED) is 0.318. The lowest BCUT2D eigenvalue weighted by Crippen LogP contribution is -2.44. The number of nitrogens with two attached hydrogens (primary N) is 1. The van der Waals surface area contributed by atoms with Crippen molar-refractivity contribution in [3.05, 3.63) is 59.8 Å². The minimum Gasteiger partial charge on any atom is -0.489 e. The van der Waals surface area contributed by atoms with Crippen LogP contribution in [0.5, 0.6) is 5.75 Å². The minimum atomic E-state index is -0.846. The molecule has 11 heteroatoms. The van der Waals surface area contributed by atoms with Crippen LogP contribution in [0.3, 0.4) is 0 Å². The van der Waals surface area contributed by atoms with Crippen molar-refractivity contribution in [3.63, 3.8) is 0 Å². The summed E-state index contributed by atoms with van der Waals surface area (Å²) in [6, 6.07) is 15.8. The van der Waals surface area contributed by atoms with Crippen LogP contribution < -0.4 is 26.0 Å². The predicted octanol–water partition coefficient (Wildman–Crippen LogP) is 4.79. The number of hydrogen-bond acceptors (Lipinski definition) is 10. The van der Waals surface area contributed by atoms with E-state index in [1.807, 2.05) is 58.0 Å². The molecule has 0 unspecified atom stereocenters. The molecule has 0 saturated carbocycles. The van der Waals surface area contributed by atoms with Gasteiger partial charge in [-0.1, -0.05) is 12.1 Å². The number of nitrogens with one attached hydrogen (secondary N) is 2. The second-order valence-electron chi connectivity index (χ2n) is 11.0. The third-order valence-corrected chi connectivity index (χ3v) is 6.61. The smallest absolute Gasteiger partial charge is 0.405 e. The van der Waals surface area contributed by atoms with Crippen molar-refractivity contribution in [2.45, 2.75) is 45.8 Å². The number of piperazine rings is 1. The van der Waals surface area contributed by atoms with E-state index < -0.39 is 11.7 Å². The standard InChI is InChI=1S/C30H38N8O3/c1-20(2)40-26-9-7-6-8-25(26)34-27-22(18-31)19-33-29(36-27)35-24-11-10-23(38-14-12-37(5)13-15-38)16-21(24)17-30(3,4)41-28(32)39/h6-11,16,19-20H,12-15,17H2,1-5H3,(H2,32,39)(H2,33,34,35,36). The number of nitrogens with zero attached hydrogens (tertiary/aromatic N) is 5. The lowest BCUT2D eigenvalue weighted by molar-refractivity contribution is 0.0461. The highest BCUT2D eigenvalue weighted by molar-refractivity contribution is 5.70. The lowest BCUT2D eigenvalue weighted by atomic mass is 9.96. The number of rotatable bonds is 10. The van der Waals surface area contributed by atoms with Crippen LogP contribution in [0.25, 0.3) is 0 Å². The number of ether oxygens (including phenoxy) is 2. The monoisotopic (exact) mass is 558 g/mol. The number of carbonyl (C=O) groups excluding carboxylic acids is 1. The SMILES string of the molecule is CC(C)Oc1ccccc1Nc1nc(Nc2ccc(N3CCN(C)CC3)cc2CC(C)(C)OC(N)=O)ncc1C#N. The molecule has 41 heavy (non-hydrogen) atoms. The van der Waals surface area contributed by atoms with Crippen molar-refractivity contribution < 1.29 is 14.3 Å². The second kappa shape index (κ2) is 12.7. The average molecular weight is 559 g/mol. The van der Waals surface area contributed by atoms with Gasteiger partial charge in [-0.2, -0.15) is 10.2 Å². The normalized spacial score (nSPS) is 13.9. The van der Waals surface area contributed by atoms with E-state index in [1.54, 1.807) is 0 Å². The van der Waals surface area contributed by atoms with Crippen molar-refractivity contribution in [1.82, 2.24) is 14.9 Å². The van der Waals surface area contributed by atoms with E-state index in [-0.39, 0.29) is 11.7 Å². The first-order chi connectivity index (χ1) is 19.5. The maximum atomic E-state index is 11.6. The Kier molecular flexibility index (Phi) is 9.14. The summed E-state index contributed by atoms with van der Waals surface area (Å²) in [6.45, 7) is 11.3. The fourth-order valence-corrected chi connectivity index (χ4v) is 4.67. The molecule has 1 saturated heterocycles. The Balaban J connectivity index is 1.65. The highest BCUT2D eigenvalue weighted by Crippen LogP contribution is 2.32. The zero-order valence-electron chi connectivity index (χ0n) is 24.3. The molecule has 4 N–H and O–H groups in total. The van der Waals surface area contributed by atoms with Gasteiger partial charge in [0.15, 0.2) is 5.82 Å². The maximum Gasteiger partial charge on any atom is 0.405 e. The molecule has 2 aromatic carbocycles. The van der Waals surface area contributed by atoms with Crippen LogP contribution in [-0.4, -0.2) is 65.9 Å². The van der Waals surface area contributed by atoms with Crippen LogP contribution >= 0.6 is 0 Å². The molecule has 1 aliphatic rings.